The molecule has 1 aliphatic heterocycles. The highest BCUT2D eigenvalue weighted by Crippen LogP contribution is 2.30. The van der Waals surface area contributed by atoms with Crippen molar-refractivity contribution in [1.29, 1.82) is 0 Å². The van der Waals surface area contributed by atoms with E-state index in [-0.39, 0.29) is 0 Å². The van der Waals surface area contributed by atoms with Gasteiger partial charge in [-0.3, -0.25) is 0 Å². The molecule has 1 aromatic rings. The maximum atomic E-state index is 3.51. The summed E-state index contributed by atoms with van der Waals surface area (Å²) in [4.78, 5) is 0. The lowest BCUT2D eigenvalue weighted by Crippen LogP contribution is -2.12. The Labute approximate surface area is 171 Å². The number of nitrogens with one attached hydrogen (secondary N) is 1. The molecule has 2 aliphatic rings. The lowest BCUT2D eigenvalue weighted by Gasteiger charge is -2.20. The predicted molar refractivity (Wildman–Crippen MR) is 128 cm³/mol. The van der Waals surface area contributed by atoms with Crippen LogP contribution in [0.25, 0.3) is 6.08 Å². The van der Waals surface area contributed by atoms with E-state index < -0.39 is 0 Å². The molecule has 0 unspecified atom stereocenters. The molecule has 1 aliphatic carbocycles. The number of fused-ring (bicyclic) bond motifs is 3. The Morgan fingerprint density at radius 2 is 1.59 bits per heavy atom. The van der Waals surface area contributed by atoms with Crippen LogP contribution >= 0.6 is 0 Å². The molecule has 0 saturated heterocycles. The third-order valence-corrected chi connectivity index (χ3v) is 3.85. The van der Waals surface area contributed by atoms with Crippen LogP contribution in [0, 0.1) is 12.8 Å². The first-order valence-corrected chi connectivity index (χ1v) is 11.0. The Balaban J connectivity index is 0. The van der Waals surface area contributed by atoms with Gasteiger partial charge in [0.25, 0.3) is 0 Å². The summed E-state index contributed by atoms with van der Waals surface area (Å²) in [5.41, 5.74) is 7.77. The molecule has 0 aromatic heterocycles. The van der Waals surface area contributed by atoms with E-state index in [1.165, 1.54) is 43.2 Å². The molecule has 0 fully saturated rings. The van der Waals surface area contributed by atoms with Gasteiger partial charge in [0.2, 0.25) is 0 Å². The number of aryl methyl sites for hydroxylation is 1. The fourth-order valence-electron chi connectivity index (χ4n) is 3.03. The molecule has 0 atom stereocenters. The first-order chi connectivity index (χ1) is 13.0. The number of hydrogen-bond acceptors (Lipinski definition) is 1. The van der Waals surface area contributed by atoms with Gasteiger partial charge in [0.05, 0.1) is 0 Å². The van der Waals surface area contributed by atoms with Crippen molar-refractivity contribution in [2.75, 3.05) is 6.54 Å². The van der Waals surface area contributed by atoms with E-state index in [1.807, 2.05) is 13.8 Å². The molecule has 1 heterocycles. The van der Waals surface area contributed by atoms with Gasteiger partial charge in [-0.2, -0.15) is 0 Å². The van der Waals surface area contributed by atoms with Crippen molar-refractivity contribution in [2.45, 2.75) is 94.0 Å². The summed E-state index contributed by atoms with van der Waals surface area (Å²) in [6, 6.07) is 2.41. The van der Waals surface area contributed by atoms with Crippen LogP contribution in [0.2, 0.25) is 0 Å². The third-order valence-electron chi connectivity index (χ3n) is 3.85. The van der Waals surface area contributed by atoms with E-state index >= 15 is 0 Å². The normalized spacial score (nSPS) is 13.5. The zero-order valence-electron chi connectivity index (χ0n) is 19.7. The molecule has 27 heavy (non-hydrogen) atoms. The van der Waals surface area contributed by atoms with E-state index in [4.69, 9.17) is 0 Å². The number of benzene rings is 1. The summed E-state index contributed by atoms with van der Waals surface area (Å²) in [5.74, 6) is 0.833. The van der Waals surface area contributed by atoms with Gasteiger partial charge in [0.15, 0.2) is 0 Å². The number of hydrogen-bond donors (Lipinski definition) is 1. The van der Waals surface area contributed by atoms with Gasteiger partial charge < -0.3 is 5.32 Å². The summed E-state index contributed by atoms with van der Waals surface area (Å²) in [6.45, 7) is 25.2. The summed E-state index contributed by atoms with van der Waals surface area (Å²) in [5, 5.41) is 3.51. The highest BCUT2D eigenvalue weighted by Gasteiger charge is 2.17. The van der Waals surface area contributed by atoms with Gasteiger partial charge in [-0.1, -0.05) is 73.1 Å². The topological polar surface area (TPSA) is 12.0 Å². The third kappa shape index (κ3) is 11.2. The Kier molecular flexibility index (Phi) is 18.6. The molecule has 0 spiro atoms. The smallest absolute Gasteiger partial charge is 0.0208 e. The Hall–Kier alpha value is -1.34. The summed E-state index contributed by atoms with van der Waals surface area (Å²) < 4.78 is 0. The van der Waals surface area contributed by atoms with E-state index in [1.54, 1.807) is 16.7 Å². The zero-order valence-corrected chi connectivity index (χ0v) is 19.7. The maximum absolute atomic E-state index is 3.51. The second kappa shape index (κ2) is 18.0. The van der Waals surface area contributed by atoms with Crippen LogP contribution in [0.4, 0.5) is 0 Å². The van der Waals surface area contributed by atoms with Gasteiger partial charge in [-0.25, -0.2) is 0 Å². The average molecular weight is 374 g/mol. The highest BCUT2D eigenvalue weighted by molar-refractivity contribution is 5.64. The largest absolute Gasteiger partial charge is 0.313 e. The Morgan fingerprint density at radius 3 is 2.15 bits per heavy atom. The minimum absolute atomic E-state index is 0.833. The predicted octanol–water partition coefficient (Wildman–Crippen LogP) is 7.90. The van der Waals surface area contributed by atoms with Crippen molar-refractivity contribution in [3.8, 4) is 0 Å². The molecule has 1 heteroatoms. The lowest BCUT2D eigenvalue weighted by atomic mass is 9.85. The van der Waals surface area contributed by atoms with Crippen LogP contribution in [-0.2, 0) is 19.4 Å². The fraction of sp³-hybridized carbons (Fsp3) is 0.615. The first-order valence-electron chi connectivity index (χ1n) is 11.0. The monoisotopic (exact) mass is 373 g/mol. The second-order valence-corrected chi connectivity index (χ2v) is 7.38. The molecule has 1 aromatic carbocycles. The quantitative estimate of drug-likeness (QED) is 0.456. The molecule has 1 nitrogen and oxygen atoms in total. The summed E-state index contributed by atoms with van der Waals surface area (Å²) in [7, 11) is 0. The maximum Gasteiger partial charge on any atom is 0.0208 e. The van der Waals surface area contributed by atoms with Gasteiger partial charge in [-0.05, 0) is 72.9 Å². The van der Waals surface area contributed by atoms with Crippen molar-refractivity contribution < 1.29 is 0 Å². The van der Waals surface area contributed by atoms with Crippen molar-refractivity contribution in [1.82, 2.24) is 5.32 Å². The van der Waals surface area contributed by atoms with Crippen LogP contribution in [0.5, 0.6) is 0 Å². The van der Waals surface area contributed by atoms with Crippen LogP contribution in [0.15, 0.2) is 25.3 Å². The summed E-state index contributed by atoms with van der Waals surface area (Å²) >= 11 is 0. The van der Waals surface area contributed by atoms with Crippen LogP contribution in [0.3, 0.4) is 0 Å². The average Bonchev–Trinajstić information content (AvgIpc) is 2.91. The fourth-order valence-corrected chi connectivity index (χ4v) is 3.03. The minimum Gasteiger partial charge on any atom is -0.313 e. The van der Waals surface area contributed by atoms with Crippen LogP contribution in [0.1, 0.15) is 95.5 Å². The van der Waals surface area contributed by atoms with Crippen molar-refractivity contribution in [2.24, 2.45) is 5.92 Å². The van der Waals surface area contributed by atoms with Gasteiger partial charge in [-0.15, -0.1) is 13.2 Å². The molecule has 0 amide bonds. The molecule has 3 rings (SSSR count). The van der Waals surface area contributed by atoms with Crippen molar-refractivity contribution >= 4 is 6.08 Å². The molecule has 0 saturated carbocycles. The second-order valence-electron chi connectivity index (χ2n) is 7.38. The molecule has 0 bridgehead atoms. The standard InChI is InChI=1S/C15H19N.C4H10.C3H8.C2H6.C2H4/c1-11-9-12-10-16-8-4-7-14(12)15-6-3-2-5-13(11)15;1-4(2)3;1-3-2;2*1-2/h3,6,9,16H,2,4-5,7-8,10H2,1H3;4H,1-3H3;3H2,1-2H3;1-2H3;1-2H2. The van der Waals surface area contributed by atoms with Gasteiger partial charge in [0, 0.05) is 6.54 Å². The Bertz CT molecular complexity index is 509. The Morgan fingerprint density at radius 1 is 1.04 bits per heavy atom. The lowest BCUT2D eigenvalue weighted by molar-refractivity contribution is 0.680. The van der Waals surface area contributed by atoms with Crippen molar-refractivity contribution in [3.63, 3.8) is 0 Å². The highest BCUT2D eigenvalue weighted by atomic mass is 14.8. The van der Waals surface area contributed by atoms with E-state index in [2.05, 4.69) is 78.2 Å². The van der Waals surface area contributed by atoms with Crippen LogP contribution < -0.4 is 5.32 Å². The SMILES string of the molecule is C=C.CC.CC(C)C.CCC.Cc1cc2c(c3c1CCC=C3)CCCNC2. The van der Waals surface area contributed by atoms with E-state index in [9.17, 15) is 0 Å². The number of allylic oxidation sites excluding steroid dienone is 1. The molecule has 156 valence electrons. The van der Waals surface area contributed by atoms with Gasteiger partial charge in [0.1, 0.15) is 0 Å². The molecule has 0 radical (unpaired) electrons. The summed E-state index contributed by atoms with van der Waals surface area (Å²) in [6.07, 6.45) is 10.9. The first kappa shape index (κ1) is 27.9. The molecular formula is C26H47N. The van der Waals surface area contributed by atoms with E-state index in [0.717, 1.165) is 19.0 Å². The minimum atomic E-state index is 0.833. The van der Waals surface area contributed by atoms with E-state index in [0.29, 0.717) is 0 Å². The zero-order chi connectivity index (χ0) is 21.2. The van der Waals surface area contributed by atoms with Crippen LogP contribution in [-0.4, -0.2) is 6.54 Å². The molecular weight excluding hydrogens is 326 g/mol. The molecule has 1 N–H and O–H groups in total. The van der Waals surface area contributed by atoms with Gasteiger partial charge >= 0.3 is 0 Å². The number of rotatable bonds is 0. The van der Waals surface area contributed by atoms with Crippen molar-refractivity contribution in [3.05, 3.63) is 53.1 Å².